The highest BCUT2D eigenvalue weighted by Crippen LogP contribution is 2.28. The molecule has 6 nitrogen and oxygen atoms in total. The summed E-state index contributed by atoms with van der Waals surface area (Å²) >= 11 is 0. The third-order valence-electron chi connectivity index (χ3n) is 5.74. The number of nitrogens with one attached hydrogen (secondary N) is 1. The Balaban J connectivity index is 1.56. The van der Waals surface area contributed by atoms with E-state index in [-0.39, 0.29) is 30.2 Å². The number of halogens is 1. The topological polar surface area (TPSA) is 61.9 Å². The average molecular weight is 442 g/mol. The lowest BCUT2D eigenvalue weighted by Crippen LogP contribution is -2.45. The number of carbonyl (C=O) groups excluding carboxylic acids is 2. The Bertz CT molecular complexity index is 925. The summed E-state index contributed by atoms with van der Waals surface area (Å²) in [7, 11) is 2.09. The molecule has 1 unspecified atom stereocenters. The fourth-order valence-electron chi connectivity index (χ4n) is 3.79. The van der Waals surface area contributed by atoms with E-state index in [9.17, 15) is 14.0 Å². The van der Waals surface area contributed by atoms with Crippen LogP contribution in [0.25, 0.3) is 0 Å². The maximum atomic E-state index is 14.0. The van der Waals surface area contributed by atoms with Crippen LogP contribution in [0.1, 0.15) is 37.4 Å². The van der Waals surface area contributed by atoms with Gasteiger partial charge in [-0.1, -0.05) is 12.1 Å². The molecule has 1 aliphatic heterocycles. The molecule has 32 heavy (non-hydrogen) atoms. The number of benzene rings is 2. The summed E-state index contributed by atoms with van der Waals surface area (Å²) in [5.74, 6) is 0.153. The van der Waals surface area contributed by atoms with Gasteiger partial charge in [0.1, 0.15) is 17.3 Å². The number of ketones is 1. The van der Waals surface area contributed by atoms with Gasteiger partial charge < -0.3 is 24.6 Å². The quantitative estimate of drug-likeness (QED) is 0.647. The van der Waals surface area contributed by atoms with Gasteiger partial charge in [0.05, 0.1) is 6.04 Å². The minimum Gasteiger partial charge on any atom is -0.484 e. The van der Waals surface area contributed by atoms with E-state index in [1.807, 2.05) is 19.1 Å². The maximum Gasteiger partial charge on any atom is 0.258 e. The molecule has 1 N–H and O–H groups in total. The van der Waals surface area contributed by atoms with Crippen LogP contribution in [-0.4, -0.2) is 56.4 Å². The molecule has 3 rings (SSSR count). The number of ether oxygens (including phenoxy) is 1. The highest BCUT2D eigenvalue weighted by atomic mass is 19.1. The van der Waals surface area contributed by atoms with Gasteiger partial charge in [0.25, 0.3) is 5.91 Å². The van der Waals surface area contributed by atoms with E-state index >= 15 is 0 Å². The van der Waals surface area contributed by atoms with Crippen LogP contribution >= 0.6 is 0 Å². The smallest absolute Gasteiger partial charge is 0.258 e. The zero-order valence-corrected chi connectivity index (χ0v) is 19.1. The highest BCUT2D eigenvalue weighted by molar-refractivity contribution is 5.78. The van der Waals surface area contributed by atoms with E-state index in [2.05, 4.69) is 22.2 Å². The fraction of sp³-hybridized carbons (Fsp3) is 0.440. The summed E-state index contributed by atoms with van der Waals surface area (Å²) in [5.41, 5.74) is 2.76. The van der Waals surface area contributed by atoms with Crippen molar-refractivity contribution < 1.29 is 18.7 Å². The maximum absolute atomic E-state index is 14.0. The number of hydrogen-bond donors (Lipinski definition) is 1. The molecule has 0 bridgehead atoms. The first-order chi connectivity index (χ1) is 15.3. The summed E-state index contributed by atoms with van der Waals surface area (Å²) in [6.45, 7) is 6.92. The van der Waals surface area contributed by atoms with Gasteiger partial charge in [0.2, 0.25) is 0 Å². The first kappa shape index (κ1) is 23.7. The number of likely N-dealkylation sites (N-methyl/N-ethyl adjacent to an activating group) is 1. The first-order valence-corrected chi connectivity index (χ1v) is 11.1. The molecule has 0 radical (unpaired) electrons. The summed E-state index contributed by atoms with van der Waals surface area (Å²) in [4.78, 5) is 28.1. The van der Waals surface area contributed by atoms with Crippen LogP contribution in [0, 0.1) is 5.82 Å². The first-order valence-electron chi connectivity index (χ1n) is 11.1. The van der Waals surface area contributed by atoms with Gasteiger partial charge in [-0.3, -0.25) is 4.79 Å². The second-order valence-electron chi connectivity index (χ2n) is 8.42. The largest absolute Gasteiger partial charge is 0.484 e. The van der Waals surface area contributed by atoms with Crippen LogP contribution in [0.15, 0.2) is 42.5 Å². The molecule has 2 aromatic carbocycles. The van der Waals surface area contributed by atoms with Crippen LogP contribution in [0.3, 0.4) is 0 Å². The molecule has 172 valence electrons. The van der Waals surface area contributed by atoms with Crippen molar-refractivity contribution in [1.82, 2.24) is 10.2 Å². The van der Waals surface area contributed by atoms with Gasteiger partial charge in [-0.25, -0.2) is 4.39 Å². The number of nitrogens with zero attached hydrogens (tertiary/aromatic N) is 2. The normalized spacial score (nSPS) is 15.3. The van der Waals surface area contributed by atoms with E-state index in [1.54, 1.807) is 25.1 Å². The number of piperazine rings is 1. The second-order valence-corrected chi connectivity index (χ2v) is 8.42. The predicted molar refractivity (Wildman–Crippen MR) is 124 cm³/mol. The molecular weight excluding hydrogens is 409 g/mol. The van der Waals surface area contributed by atoms with Crippen molar-refractivity contribution in [2.75, 3.05) is 44.7 Å². The fourth-order valence-corrected chi connectivity index (χ4v) is 3.79. The lowest BCUT2D eigenvalue weighted by Gasteiger charge is -2.36. The van der Waals surface area contributed by atoms with Crippen LogP contribution in [0.4, 0.5) is 10.1 Å². The van der Waals surface area contributed by atoms with Crippen molar-refractivity contribution in [2.45, 2.75) is 32.7 Å². The monoisotopic (exact) mass is 441 g/mol. The lowest BCUT2D eigenvalue weighted by molar-refractivity contribution is -0.123. The Morgan fingerprint density at radius 2 is 1.78 bits per heavy atom. The van der Waals surface area contributed by atoms with Crippen molar-refractivity contribution in [1.29, 1.82) is 0 Å². The molecule has 1 heterocycles. The van der Waals surface area contributed by atoms with Crippen LogP contribution < -0.4 is 15.0 Å². The van der Waals surface area contributed by atoms with Gasteiger partial charge in [-0.05, 0) is 63.2 Å². The van der Waals surface area contributed by atoms with Crippen LogP contribution in [0.5, 0.6) is 5.75 Å². The third kappa shape index (κ3) is 6.79. The van der Waals surface area contributed by atoms with E-state index in [4.69, 9.17) is 4.74 Å². The molecule has 1 atom stereocenters. The molecule has 0 aliphatic carbocycles. The number of anilines is 1. The summed E-state index contributed by atoms with van der Waals surface area (Å²) < 4.78 is 19.6. The van der Waals surface area contributed by atoms with Crippen molar-refractivity contribution in [2.24, 2.45) is 0 Å². The minimum atomic E-state index is -0.356. The summed E-state index contributed by atoms with van der Waals surface area (Å²) in [6.07, 6.45) is 1.20. The Hall–Kier alpha value is -2.93. The molecule has 1 saturated heterocycles. The van der Waals surface area contributed by atoms with E-state index < -0.39 is 0 Å². The summed E-state index contributed by atoms with van der Waals surface area (Å²) in [6, 6.07) is 11.8. The molecule has 1 fully saturated rings. The van der Waals surface area contributed by atoms with Gasteiger partial charge in [0.15, 0.2) is 6.61 Å². The Morgan fingerprint density at radius 1 is 1.09 bits per heavy atom. The standard InChI is InChI=1S/C25H32FN3O3/c1-18(30)4-5-20-6-9-22(10-7-20)32-17-25(31)27-19(2)23-16-21(26)8-11-24(23)29-14-12-28(3)13-15-29/h6-11,16,19H,4-5,12-15,17H2,1-3H3,(H,27,31). The Kier molecular flexibility index (Phi) is 8.22. The Morgan fingerprint density at radius 3 is 2.44 bits per heavy atom. The number of rotatable bonds is 9. The molecule has 0 aromatic heterocycles. The third-order valence-corrected chi connectivity index (χ3v) is 5.74. The molecule has 1 amide bonds. The van der Waals surface area contributed by atoms with Gasteiger partial charge in [-0.15, -0.1) is 0 Å². The minimum absolute atomic E-state index is 0.129. The van der Waals surface area contributed by atoms with E-state index in [0.29, 0.717) is 18.6 Å². The number of carbonyl (C=O) groups is 2. The molecule has 7 heteroatoms. The van der Waals surface area contributed by atoms with E-state index in [1.165, 1.54) is 12.1 Å². The number of aryl methyl sites for hydroxylation is 1. The van der Waals surface area contributed by atoms with E-state index in [0.717, 1.165) is 43.0 Å². The SMILES string of the molecule is CC(=O)CCc1ccc(OCC(=O)NC(C)c2cc(F)ccc2N2CCN(C)CC2)cc1. The number of amides is 1. The lowest BCUT2D eigenvalue weighted by atomic mass is 10.0. The van der Waals surface area contributed by atoms with Gasteiger partial charge in [0, 0.05) is 43.9 Å². The Labute approximate surface area is 189 Å². The summed E-state index contributed by atoms with van der Waals surface area (Å²) in [5, 5.41) is 2.92. The van der Waals surface area contributed by atoms with Crippen molar-refractivity contribution in [3.63, 3.8) is 0 Å². The zero-order chi connectivity index (χ0) is 23.1. The van der Waals surface area contributed by atoms with Gasteiger partial charge >= 0.3 is 0 Å². The van der Waals surface area contributed by atoms with Crippen LogP contribution in [0.2, 0.25) is 0 Å². The number of hydrogen-bond acceptors (Lipinski definition) is 5. The van der Waals surface area contributed by atoms with Crippen LogP contribution in [-0.2, 0) is 16.0 Å². The van der Waals surface area contributed by atoms with Crippen molar-refractivity contribution >= 4 is 17.4 Å². The van der Waals surface area contributed by atoms with Crippen molar-refractivity contribution in [3.05, 3.63) is 59.4 Å². The average Bonchev–Trinajstić information content (AvgIpc) is 2.77. The molecule has 0 saturated carbocycles. The second kappa shape index (κ2) is 11.1. The molecule has 2 aromatic rings. The molecular formula is C25H32FN3O3. The molecule has 1 aliphatic rings. The zero-order valence-electron chi connectivity index (χ0n) is 19.1. The molecule has 0 spiro atoms. The number of Topliss-reactive ketones (excluding diaryl/α,β-unsaturated/α-hetero) is 1. The predicted octanol–water partition coefficient (Wildman–Crippen LogP) is 3.36. The van der Waals surface area contributed by atoms with Gasteiger partial charge in [-0.2, -0.15) is 0 Å². The highest BCUT2D eigenvalue weighted by Gasteiger charge is 2.21. The van der Waals surface area contributed by atoms with Crippen molar-refractivity contribution in [3.8, 4) is 5.75 Å².